The maximum Gasteiger partial charge on any atom is 0.408 e. The van der Waals surface area contributed by atoms with Gasteiger partial charge in [0.15, 0.2) is 0 Å². The molecule has 0 saturated heterocycles. The van der Waals surface area contributed by atoms with Crippen LogP contribution in [-0.2, 0) is 0 Å². The van der Waals surface area contributed by atoms with Crippen molar-refractivity contribution in [1.82, 2.24) is 0 Å². The van der Waals surface area contributed by atoms with E-state index in [-0.39, 0.29) is 9.88 Å². The first-order chi connectivity index (χ1) is 6.32. The molecule has 0 spiro atoms. The Balaban J connectivity index is 2.92. The molecule has 0 radical (unpaired) electrons. The average molecular weight is 226 g/mol. The van der Waals surface area contributed by atoms with Gasteiger partial charge in [0, 0.05) is 10.9 Å². The van der Waals surface area contributed by atoms with Gasteiger partial charge >= 0.3 is 11.2 Å². The smallest absolute Gasteiger partial charge is 0.316 e. The number of nitrogens with two attached hydrogens (primary N) is 1. The second-order valence-electron chi connectivity index (χ2n) is 2.45. The van der Waals surface area contributed by atoms with Crippen molar-refractivity contribution in [2.75, 3.05) is 0 Å². The molecule has 0 saturated carbocycles. The summed E-state index contributed by atoms with van der Waals surface area (Å²) in [5.41, 5.74) is 4.85. The van der Waals surface area contributed by atoms with E-state index in [0.29, 0.717) is 11.3 Å². The molecule has 1 rings (SSSR count). The minimum Gasteiger partial charge on any atom is -0.316 e. The quantitative estimate of drug-likeness (QED) is 0.620. The molecule has 0 amide bonds. The molecule has 14 heavy (non-hydrogen) atoms. The third-order valence-corrected chi connectivity index (χ3v) is 2.57. The van der Waals surface area contributed by atoms with Crippen molar-refractivity contribution >= 4 is 16.3 Å². The molecule has 1 atom stereocenters. The Hall–Kier alpha value is -1.15. The van der Waals surface area contributed by atoms with Gasteiger partial charge in [-0.15, -0.1) is 0 Å². The molecule has 0 aliphatic heterocycles. The minimum absolute atomic E-state index is 0.260. The number of halogens is 3. The predicted molar refractivity (Wildman–Crippen MR) is 44.0 cm³/mol. The topological polar surface area (TPSA) is 69.2 Å². The van der Waals surface area contributed by atoms with E-state index in [4.69, 9.17) is 5.73 Å². The van der Waals surface area contributed by atoms with Crippen LogP contribution < -0.4 is 5.73 Å². The third kappa shape index (κ3) is 2.20. The number of hydrogen-bond acceptors (Lipinski definition) is 4. The van der Waals surface area contributed by atoms with Crippen molar-refractivity contribution in [3.63, 3.8) is 0 Å². The molecule has 2 N–H and O–H groups in total. The lowest BCUT2D eigenvalue weighted by Gasteiger charge is -2.12. The van der Waals surface area contributed by atoms with E-state index in [2.05, 4.69) is 0 Å². The first-order valence-electron chi connectivity index (χ1n) is 3.39. The Morgan fingerprint density at radius 3 is 2.43 bits per heavy atom. The van der Waals surface area contributed by atoms with Crippen LogP contribution >= 0.6 is 11.3 Å². The van der Waals surface area contributed by atoms with Gasteiger partial charge in [0.1, 0.15) is 6.04 Å². The molecule has 8 heteroatoms. The van der Waals surface area contributed by atoms with Gasteiger partial charge in [0.2, 0.25) is 0 Å². The van der Waals surface area contributed by atoms with Gasteiger partial charge in [0.25, 0.3) is 0 Å². The molecule has 1 heterocycles. The van der Waals surface area contributed by atoms with Gasteiger partial charge in [-0.1, -0.05) is 11.3 Å². The normalized spacial score (nSPS) is 14.0. The zero-order valence-electron chi connectivity index (χ0n) is 6.62. The Labute approximate surface area is 80.3 Å². The van der Waals surface area contributed by atoms with Crippen molar-refractivity contribution in [3.8, 4) is 0 Å². The number of rotatable bonds is 2. The van der Waals surface area contributed by atoms with Gasteiger partial charge < -0.3 is 5.73 Å². The number of nitrogens with zero attached hydrogens (tertiary/aromatic N) is 1. The first kappa shape index (κ1) is 10.9. The molecule has 1 aromatic heterocycles. The molecule has 0 bridgehead atoms. The summed E-state index contributed by atoms with van der Waals surface area (Å²) in [4.78, 5) is 9.17. The van der Waals surface area contributed by atoms with Gasteiger partial charge in [0.05, 0.1) is 4.92 Å². The lowest BCUT2D eigenvalue weighted by molar-refractivity contribution is -0.380. The molecular formula is C6H5F3N2O2S. The van der Waals surface area contributed by atoms with E-state index < -0.39 is 17.1 Å². The highest BCUT2D eigenvalue weighted by Crippen LogP contribution is 2.36. The fraction of sp³-hybridized carbons (Fsp3) is 0.333. The maximum absolute atomic E-state index is 12.1. The van der Waals surface area contributed by atoms with E-state index in [1.165, 1.54) is 0 Å². The lowest BCUT2D eigenvalue weighted by Crippen LogP contribution is -2.27. The van der Waals surface area contributed by atoms with Crippen molar-refractivity contribution in [2.45, 2.75) is 12.2 Å². The van der Waals surface area contributed by atoms with Gasteiger partial charge in [-0.3, -0.25) is 10.1 Å². The molecule has 78 valence electrons. The van der Waals surface area contributed by atoms with E-state index in [1.807, 2.05) is 0 Å². The second kappa shape index (κ2) is 3.54. The van der Waals surface area contributed by atoms with Crippen LogP contribution in [0.2, 0.25) is 0 Å². The molecule has 0 aliphatic rings. The van der Waals surface area contributed by atoms with Crippen LogP contribution in [0.4, 0.5) is 18.2 Å². The average Bonchev–Trinajstić information content (AvgIpc) is 2.48. The predicted octanol–water partition coefficient (Wildman–Crippen LogP) is 2.22. The van der Waals surface area contributed by atoms with Gasteiger partial charge in [-0.2, -0.15) is 13.2 Å². The maximum atomic E-state index is 12.1. The number of thiophene rings is 1. The Kier molecular flexibility index (Phi) is 2.76. The van der Waals surface area contributed by atoms with Crippen LogP contribution in [0, 0.1) is 10.1 Å². The van der Waals surface area contributed by atoms with Crippen LogP contribution in [0.1, 0.15) is 10.9 Å². The van der Waals surface area contributed by atoms with E-state index in [0.717, 1.165) is 12.1 Å². The van der Waals surface area contributed by atoms with E-state index in [9.17, 15) is 23.3 Å². The summed E-state index contributed by atoms with van der Waals surface area (Å²) in [7, 11) is 0. The molecular weight excluding hydrogens is 221 g/mol. The van der Waals surface area contributed by atoms with Gasteiger partial charge in [-0.05, 0) is 6.07 Å². The summed E-state index contributed by atoms with van der Waals surface area (Å²) >= 11 is 0.432. The zero-order valence-corrected chi connectivity index (χ0v) is 7.43. The van der Waals surface area contributed by atoms with E-state index in [1.54, 1.807) is 0 Å². The standard InChI is InChI=1S/C6H5F3N2O2S/c7-6(8,9)5(10)3-1-2-4(14-3)11(12)13/h1-2,5H,10H2. The molecule has 0 aliphatic carbocycles. The van der Waals surface area contributed by atoms with Crippen LogP contribution in [-0.4, -0.2) is 11.1 Å². The Morgan fingerprint density at radius 1 is 1.50 bits per heavy atom. The third-order valence-electron chi connectivity index (χ3n) is 1.45. The molecule has 1 unspecified atom stereocenters. The SMILES string of the molecule is NC(c1ccc([N+](=O)[O-])s1)C(F)(F)F. The van der Waals surface area contributed by atoms with Crippen molar-refractivity contribution < 1.29 is 18.1 Å². The van der Waals surface area contributed by atoms with E-state index >= 15 is 0 Å². The lowest BCUT2D eigenvalue weighted by atomic mass is 10.2. The second-order valence-corrected chi connectivity index (χ2v) is 3.55. The highest BCUT2D eigenvalue weighted by Gasteiger charge is 2.39. The van der Waals surface area contributed by atoms with Crippen LogP contribution in [0.3, 0.4) is 0 Å². The zero-order chi connectivity index (χ0) is 10.9. The number of alkyl halides is 3. The fourth-order valence-corrected chi connectivity index (χ4v) is 1.62. The minimum atomic E-state index is -4.57. The summed E-state index contributed by atoms with van der Waals surface area (Å²) in [6.45, 7) is 0. The molecule has 0 fully saturated rings. The monoisotopic (exact) mass is 226 g/mol. The van der Waals surface area contributed by atoms with Crippen molar-refractivity contribution in [3.05, 3.63) is 27.1 Å². The summed E-state index contributed by atoms with van der Waals surface area (Å²) < 4.78 is 36.2. The molecule has 4 nitrogen and oxygen atoms in total. The van der Waals surface area contributed by atoms with Gasteiger partial charge in [-0.25, -0.2) is 0 Å². The van der Waals surface area contributed by atoms with Crippen LogP contribution in [0.15, 0.2) is 12.1 Å². The summed E-state index contributed by atoms with van der Waals surface area (Å²) in [6.07, 6.45) is -4.57. The Bertz CT molecular complexity index is 349. The fourth-order valence-electron chi connectivity index (χ4n) is 0.769. The number of nitro groups is 1. The molecule has 0 aromatic carbocycles. The van der Waals surface area contributed by atoms with Crippen molar-refractivity contribution in [1.29, 1.82) is 0 Å². The van der Waals surface area contributed by atoms with Crippen molar-refractivity contribution in [2.24, 2.45) is 5.73 Å². The molecule has 1 aromatic rings. The largest absolute Gasteiger partial charge is 0.408 e. The summed E-state index contributed by atoms with van der Waals surface area (Å²) in [5.74, 6) is 0. The summed E-state index contributed by atoms with van der Waals surface area (Å²) in [6, 6.07) is -0.131. The highest BCUT2D eigenvalue weighted by atomic mass is 32.1. The Morgan fingerprint density at radius 2 is 2.07 bits per heavy atom. The highest BCUT2D eigenvalue weighted by molar-refractivity contribution is 7.15. The van der Waals surface area contributed by atoms with Crippen LogP contribution in [0.5, 0.6) is 0 Å². The van der Waals surface area contributed by atoms with Crippen LogP contribution in [0.25, 0.3) is 0 Å². The summed E-state index contributed by atoms with van der Waals surface area (Å²) in [5, 5.41) is 9.83. The first-order valence-corrected chi connectivity index (χ1v) is 4.20. The number of hydrogen-bond donors (Lipinski definition) is 1.